The molecule has 0 atom stereocenters. The topological polar surface area (TPSA) is 91.8 Å². The molecule has 7 nitrogen and oxygen atoms in total. The molecule has 0 amide bonds. The first-order valence-electron chi connectivity index (χ1n) is 7.68. The fourth-order valence-corrected chi connectivity index (χ4v) is 2.63. The molecular formula is C18H14FNO6. The van der Waals surface area contributed by atoms with E-state index in [9.17, 15) is 19.3 Å². The second kappa shape index (κ2) is 6.83. The average molecular weight is 359 g/mol. The first-order chi connectivity index (χ1) is 12.5. The van der Waals surface area contributed by atoms with Gasteiger partial charge in [-0.05, 0) is 37.3 Å². The minimum absolute atomic E-state index is 0.0143. The Labute approximate surface area is 147 Å². The quantitative estimate of drug-likeness (QED) is 0.382. The van der Waals surface area contributed by atoms with Gasteiger partial charge in [0, 0.05) is 10.9 Å². The number of esters is 1. The molecule has 1 aromatic heterocycles. The summed E-state index contributed by atoms with van der Waals surface area (Å²) >= 11 is 0. The molecule has 2 aromatic carbocycles. The van der Waals surface area contributed by atoms with Crippen molar-refractivity contribution in [2.24, 2.45) is 0 Å². The molecule has 0 saturated carbocycles. The van der Waals surface area contributed by atoms with Gasteiger partial charge in [0.05, 0.1) is 24.7 Å². The van der Waals surface area contributed by atoms with Gasteiger partial charge in [0.1, 0.15) is 22.7 Å². The van der Waals surface area contributed by atoms with Crippen LogP contribution in [0.15, 0.2) is 40.8 Å². The van der Waals surface area contributed by atoms with Crippen molar-refractivity contribution in [1.29, 1.82) is 0 Å². The molecule has 0 bridgehead atoms. The van der Waals surface area contributed by atoms with E-state index in [1.807, 2.05) is 0 Å². The molecule has 0 fully saturated rings. The predicted molar refractivity (Wildman–Crippen MR) is 90.8 cm³/mol. The van der Waals surface area contributed by atoms with Crippen LogP contribution >= 0.6 is 0 Å². The van der Waals surface area contributed by atoms with Crippen molar-refractivity contribution in [3.8, 4) is 17.1 Å². The van der Waals surface area contributed by atoms with Crippen LogP contribution < -0.4 is 4.74 Å². The summed E-state index contributed by atoms with van der Waals surface area (Å²) in [7, 11) is 1.29. The number of hydrogen-bond acceptors (Lipinski definition) is 6. The van der Waals surface area contributed by atoms with E-state index in [0.717, 1.165) is 0 Å². The number of ether oxygens (including phenoxy) is 2. The van der Waals surface area contributed by atoms with Crippen LogP contribution in [0.5, 0.6) is 5.75 Å². The Morgan fingerprint density at radius 1 is 1.27 bits per heavy atom. The fraction of sp³-hybridized carbons (Fsp3) is 0.167. The number of furan rings is 1. The summed E-state index contributed by atoms with van der Waals surface area (Å²) in [6, 6.07) is 7.88. The number of methoxy groups -OCH3 is 1. The van der Waals surface area contributed by atoms with Crippen molar-refractivity contribution in [3.63, 3.8) is 0 Å². The molecule has 0 N–H and O–H groups in total. The van der Waals surface area contributed by atoms with Crippen molar-refractivity contribution >= 4 is 22.6 Å². The third-order valence-corrected chi connectivity index (χ3v) is 3.77. The van der Waals surface area contributed by atoms with Crippen LogP contribution in [0, 0.1) is 15.9 Å². The zero-order valence-corrected chi connectivity index (χ0v) is 13.9. The Morgan fingerprint density at radius 3 is 2.54 bits per heavy atom. The van der Waals surface area contributed by atoms with Gasteiger partial charge in [-0.2, -0.15) is 0 Å². The molecule has 8 heteroatoms. The summed E-state index contributed by atoms with van der Waals surface area (Å²) in [4.78, 5) is 23.1. The van der Waals surface area contributed by atoms with Crippen molar-refractivity contribution in [3.05, 3.63) is 57.9 Å². The minimum Gasteiger partial charge on any atom is -0.490 e. The molecule has 26 heavy (non-hydrogen) atoms. The maximum atomic E-state index is 13.2. The predicted octanol–water partition coefficient (Wildman–Crippen LogP) is 4.33. The van der Waals surface area contributed by atoms with Crippen LogP contribution in [0.4, 0.5) is 10.1 Å². The largest absolute Gasteiger partial charge is 0.490 e. The lowest BCUT2D eigenvalue weighted by Crippen LogP contribution is -2.05. The van der Waals surface area contributed by atoms with Crippen LogP contribution in [-0.2, 0) is 4.74 Å². The van der Waals surface area contributed by atoms with Crippen LogP contribution in [0.25, 0.3) is 22.3 Å². The molecule has 0 aliphatic heterocycles. The van der Waals surface area contributed by atoms with Gasteiger partial charge in [0.25, 0.3) is 0 Å². The van der Waals surface area contributed by atoms with Crippen LogP contribution in [0.1, 0.15) is 17.3 Å². The number of rotatable bonds is 5. The Morgan fingerprint density at radius 2 is 1.96 bits per heavy atom. The number of nitro groups is 1. The summed E-state index contributed by atoms with van der Waals surface area (Å²) in [6.45, 7) is 1.79. The van der Waals surface area contributed by atoms with Gasteiger partial charge >= 0.3 is 11.7 Å². The lowest BCUT2D eigenvalue weighted by atomic mass is 10.0. The maximum absolute atomic E-state index is 13.2. The molecule has 0 aliphatic carbocycles. The fourth-order valence-electron chi connectivity index (χ4n) is 2.63. The number of nitro benzene ring substituents is 1. The van der Waals surface area contributed by atoms with E-state index < -0.39 is 16.7 Å². The summed E-state index contributed by atoms with van der Waals surface area (Å²) < 4.78 is 29.1. The van der Waals surface area contributed by atoms with Gasteiger partial charge in [0.15, 0.2) is 5.75 Å². The lowest BCUT2D eigenvalue weighted by molar-refractivity contribution is -0.385. The van der Waals surface area contributed by atoms with E-state index in [1.165, 1.54) is 43.5 Å². The highest BCUT2D eigenvalue weighted by Gasteiger charge is 2.27. The smallest absolute Gasteiger partial charge is 0.342 e. The monoisotopic (exact) mass is 359 g/mol. The van der Waals surface area contributed by atoms with Gasteiger partial charge in [0.2, 0.25) is 0 Å². The third kappa shape index (κ3) is 2.97. The van der Waals surface area contributed by atoms with Gasteiger partial charge < -0.3 is 13.9 Å². The number of benzene rings is 2. The number of hydrogen-bond donors (Lipinski definition) is 0. The van der Waals surface area contributed by atoms with E-state index >= 15 is 0 Å². The summed E-state index contributed by atoms with van der Waals surface area (Å²) in [5.74, 6) is -0.971. The Balaban J connectivity index is 2.32. The number of fused-ring (bicyclic) bond motifs is 1. The SMILES string of the molecule is CCOC(=O)c1c(-c2ccc(F)cc2)oc2cc([N+](=O)[O-])c(OC)cc12. The van der Waals surface area contributed by atoms with E-state index in [-0.39, 0.29) is 35.0 Å². The van der Waals surface area contributed by atoms with Crippen LogP contribution in [0.2, 0.25) is 0 Å². The molecule has 3 aromatic rings. The highest BCUT2D eigenvalue weighted by atomic mass is 19.1. The normalized spacial score (nSPS) is 10.7. The lowest BCUT2D eigenvalue weighted by Gasteiger charge is -2.04. The highest BCUT2D eigenvalue weighted by molar-refractivity contribution is 6.09. The minimum atomic E-state index is -0.651. The van der Waals surface area contributed by atoms with Gasteiger partial charge in [-0.15, -0.1) is 0 Å². The Bertz CT molecular complexity index is 993. The molecule has 1 heterocycles. The molecule has 0 unspecified atom stereocenters. The van der Waals surface area contributed by atoms with Crippen molar-refractivity contribution < 1.29 is 28.0 Å². The van der Waals surface area contributed by atoms with Gasteiger partial charge in [-0.25, -0.2) is 9.18 Å². The van der Waals surface area contributed by atoms with E-state index in [4.69, 9.17) is 13.9 Å². The van der Waals surface area contributed by atoms with Crippen molar-refractivity contribution in [1.82, 2.24) is 0 Å². The molecule has 134 valence electrons. The molecule has 3 rings (SSSR count). The molecule has 0 radical (unpaired) electrons. The highest BCUT2D eigenvalue weighted by Crippen LogP contribution is 2.40. The number of nitrogens with zero attached hydrogens (tertiary/aromatic N) is 1. The van der Waals surface area contributed by atoms with Crippen molar-refractivity contribution in [2.75, 3.05) is 13.7 Å². The molecule has 0 saturated heterocycles. The Hall–Kier alpha value is -3.42. The maximum Gasteiger partial charge on any atom is 0.342 e. The van der Waals surface area contributed by atoms with E-state index in [2.05, 4.69) is 0 Å². The zero-order valence-electron chi connectivity index (χ0n) is 13.9. The first kappa shape index (κ1) is 17.4. The van der Waals surface area contributed by atoms with E-state index in [1.54, 1.807) is 6.92 Å². The van der Waals surface area contributed by atoms with Crippen LogP contribution in [0.3, 0.4) is 0 Å². The summed E-state index contributed by atoms with van der Waals surface area (Å²) in [5.41, 5.74) is 0.364. The summed E-state index contributed by atoms with van der Waals surface area (Å²) in [5, 5.41) is 11.5. The second-order valence-corrected chi connectivity index (χ2v) is 5.31. The second-order valence-electron chi connectivity index (χ2n) is 5.31. The van der Waals surface area contributed by atoms with Crippen molar-refractivity contribution in [2.45, 2.75) is 6.92 Å². The third-order valence-electron chi connectivity index (χ3n) is 3.77. The van der Waals surface area contributed by atoms with Gasteiger partial charge in [-0.3, -0.25) is 10.1 Å². The molecule has 0 spiro atoms. The van der Waals surface area contributed by atoms with Gasteiger partial charge in [-0.1, -0.05) is 0 Å². The standard InChI is InChI=1S/C18H14FNO6/c1-3-25-18(21)16-12-8-15(24-2)13(20(22)23)9-14(12)26-17(16)10-4-6-11(19)7-5-10/h4-9H,3H2,1-2H3. The number of halogens is 1. The number of carbonyl (C=O) groups excluding carboxylic acids is 1. The number of carbonyl (C=O) groups is 1. The summed E-state index contributed by atoms with van der Waals surface area (Å²) in [6.07, 6.45) is 0. The molecule has 0 aliphatic rings. The van der Waals surface area contributed by atoms with Crippen LogP contribution in [-0.4, -0.2) is 24.6 Å². The van der Waals surface area contributed by atoms with E-state index in [0.29, 0.717) is 10.9 Å². The average Bonchev–Trinajstić information content (AvgIpc) is 2.99. The Kier molecular flexibility index (Phi) is 4.57. The first-order valence-corrected chi connectivity index (χ1v) is 7.68. The zero-order chi connectivity index (χ0) is 18.8. The molecular weight excluding hydrogens is 345 g/mol.